The van der Waals surface area contributed by atoms with Crippen LogP contribution in [0.2, 0.25) is 0 Å². The van der Waals surface area contributed by atoms with Crippen LogP contribution in [0.25, 0.3) is 0 Å². The molecule has 4 rings (SSSR count). The lowest BCUT2D eigenvalue weighted by molar-refractivity contribution is -0.158. The lowest BCUT2D eigenvalue weighted by Crippen LogP contribution is -2.65. The van der Waals surface area contributed by atoms with Crippen LogP contribution in [0.15, 0.2) is 9.98 Å². The number of hydrogen-bond acceptors (Lipinski definition) is 6. The Morgan fingerprint density at radius 1 is 1.33 bits per heavy atom. The molecule has 0 radical (unpaired) electrons. The van der Waals surface area contributed by atoms with Crippen LogP contribution in [0.3, 0.4) is 0 Å². The third-order valence-electron chi connectivity index (χ3n) is 6.87. The summed E-state index contributed by atoms with van der Waals surface area (Å²) in [5, 5.41) is 9.35. The number of rotatable bonds is 7. The number of carboxylic acid groups (broad SMARTS) is 1. The molecule has 0 aromatic heterocycles. The predicted molar refractivity (Wildman–Crippen MR) is 119 cm³/mol. The van der Waals surface area contributed by atoms with Crippen LogP contribution >= 0.6 is 11.8 Å². The molecule has 0 bridgehead atoms. The molecular weight excluding hydrogens is 402 g/mol. The minimum Gasteiger partial charge on any atom is -0.480 e. The zero-order chi connectivity index (χ0) is 21.5. The van der Waals surface area contributed by atoms with Crippen molar-refractivity contribution in [3.05, 3.63) is 0 Å². The average molecular weight is 436 g/mol. The van der Waals surface area contributed by atoms with Crippen molar-refractivity contribution in [2.75, 3.05) is 32.7 Å². The van der Waals surface area contributed by atoms with Gasteiger partial charge < -0.3 is 19.8 Å². The van der Waals surface area contributed by atoms with E-state index in [0.717, 1.165) is 57.9 Å². The molecule has 3 atom stereocenters. The van der Waals surface area contributed by atoms with Gasteiger partial charge in [0.25, 0.3) is 5.91 Å². The van der Waals surface area contributed by atoms with Gasteiger partial charge in [-0.15, -0.1) is 11.8 Å². The molecule has 1 N–H and O–H groups in total. The van der Waals surface area contributed by atoms with Gasteiger partial charge in [0, 0.05) is 37.3 Å². The van der Waals surface area contributed by atoms with Gasteiger partial charge in [-0.25, -0.2) is 4.79 Å². The van der Waals surface area contributed by atoms with E-state index >= 15 is 0 Å². The summed E-state index contributed by atoms with van der Waals surface area (Å²) in [7, 11) is 0. The lowest BCUT2D eigenvalue weighted by atomic mass is 9.92. The number of likely N-dealkylation sites (tertiary alicyclic amines) is 1. The van der Waals surface area contributed by atoms with Gasteiger partial charge in [0.2, 0.25) is 0 Å². The van der Waals surface area contributed by atoms with Crippen molar-refractivity contribution >= 4 is 35.8 Å². The number of nitrogens with zero attached hydrogens (tertiary/aromatic N) is 5. The molecule has 8 nitrogen and oxygen atoms in total. The third-order valence-corrected chi connectivity index (χ3v) is 8.43. The molecule has 166 valence electrons. The average Bonchev–Trinajstić information content (AvgIpc) is 3.27. The fourth-order valence-electron chi connectivity index (χ4n) is 5.09. The van der Waals surface area contributed by atoms with Crippen molar-refractivity contribution < 1.29 is 14.7 Å². The monoisotopic (exact) mass is 435 g/mol. The van der Waals surface area contributed by atoms with Crippen molar-refractivity contribution in [2.45, 2.75) is 68.7 Å². The summed E-state index contributed by atoms with van der Waals surface area (Å²) in [4.78, 5) is 39.4. The van der Waals surface area contributed by atoms with Crippen LogP contribution in [0, 0.1) is 5.92 Å². The lowest BCUT2D eigenvalue weighted by Gasteiger charge is -2.41. The van der Waals surface area contributed by atoms with Gasteiger partial charge in [0.05, 0.1) is 18.7 Å². The van der Waals surface area contributed by atoms with Crippen molar-refractivity contribution in [1.82, 2.24) is 14.7 Å². The first kappa shape index (κ1) is 21.5. The first-order valence-electron chi connectivity index (χ1n) is 11.1. The summed E-state index contributed by atoms with van der Waals surface area (Å²) in [6, 6.07) is -1.22. The fourth-order valence-corrected chi connectivity index (χ4v) is 6.71. The number of amides is 1. The second-order valence-corrected chi connectivity index (χ2v) is 11.0. The van der Waals surface area contributed by atoms with E-state index in [1.807, 2.05) is 20.2 Å². The topological polar surface area (TPSA) is 88.8 Å². The number of fused-ring (bicyclic) bond motifs is 1. The number of thioether (sulfide) groups is 1. The highest BCUT2D eigenvalue weighted by atomic mass is 32.2. The largest absolute Gasteiger partial charge is 0.480 e. The summed E-state index contributed by atoms with van der Waals surface area (Å²) >= 11 is 1.55. The Morgan fingerprint density at radius 3 is 2.73 bits per heavy atom. The minimum atomic E-state index is -0.932. The van der Waals surface area contributed by atoms with E-state index in [2.05, 4.69) is 26.7 Å². The fraction of sp³-hybridized carbons (Fsp3) is 0.810. The Balaban J connectivity index is 1.24. The summed E-state index contributed by atoms with van der Waals surface area (Å²) < 4.78 is -0.494. The highest BCUT2D eigenvalue weighted by Gasteiger charge is 2.63. The zero-order valence-electron chi connectivity index (χ0n) is 18.2. The molecule has 1 amide bonds. The van der Waals surface area contributed by atoms with Gasteiger partial charge in [-0.05, 0) is 46.0 Å². The van der Waals surface area contributed by atoms with E-state index in [-0.39, 0.29) is 11.3 Å². The number of carbonyl (C=O) groups is 2. The molecule has 4 aliphatic rings. The second-order valence-electron chi connectivity index (χ2n) is 9.20. The Bertz CT molecular complexity index is 747. The smallest absolute Gasteiger partial charge is 0.327 e. The van der Waals surface area contributed by atoms with Gasteiger partial charge in [0.15, 0.2) is 6.04 Å². The summed E-state index contributed by atoms with van der Waals surface area (Å²) in [5.74, 6) is 0.916. The maximum atomic E-state index is 12.5. The van der Waals surface area contributed by atoms with E-state index in [1.54, 1.807) is 11.8 Å². The first-order valence-corrected chi connectivity index (χ1v) is 12.0. The number of amidine groups is 1. The second kappa shape index (κ2) is 8.40. The van der Waals surface area contributed by atoms with Gasteiger partial charge in [-0.3, -0.25) is 14.8 Å². The molecule has 0 aromatic carbocycles. The van der Waals surface area contributed by atoms with Crippen LogP contribution in [0.1, 0.15) is 46.5 Å². The number of likely N-dealkylation sites (N-methyl/N-ethyl adjacent to an activating group) is 1. The SMILES string of the molecule is CCN1CCN=C1CCC1CCN(C=NC2C(=O)N3C2SC(C)(C)C3C(=O)O)CC1. The first-order chi connectivity index (χ1) is 14.3. The van der Waals surface area contributed by atoms with Crippen LogP contribution in [0.4, 0.5) is 0 Å². The Labute approximate surface area is 182 Å². The number of aliphatic imine (C=N–C) groups is 2. The minimum absolute atomic E-state index is 0.156. The molecule has 0 saturated carbocycles. The summed E-state index contributed by atoms with van der Waals surface area (Å²) in [6.45, 7) is 11.0. The Morgan fingerprint density at radius 2 is 2.07 bits per heavy atom. The molecule has 0 spiro atoms. The predicted octanol–water partition coefficient (Wildman–Crippen LogP) is 1.76. The number of β-lactam (4-membered cyclic amide) rings is 1. The molecule has 3 fully saturated rings. The van der Waals surface area contributed by atoms with E-state index in [0.29, 0.717) is 0 Å². The van der Waals surface area contributed by atoms with Gasteiger partial charge >= 0.3 is 5.97 Å². The normalized spacial score (nSPS) is 31.3. The Hall–Kier alpha value is -1.77. The molecule has 9 heteroatoms. The van der Waals surface area contributed by atoms with Gasteiger partial charge in [-0.1, -0.05) is 0 Å². The third kappa shape index (κ3) is 3.92. The van der Waals surface area contributed by atoms with Crippen molar-refractivity contribution in [3.63, 3.8) is 0 Å². The van der Waals surface area contributed by atoms with Crippen molar-refractivity contribution in [3.8, 4) is 0 Å². The summed E-state index contributed by atoms with van der Waals surface area (Å²) in [5.41, 5.74) is 0. The van der Waals surface area contributed by atoms with Crippen molar-refractivity contribution in [1.29, 1.82) is 0 Å². The number of carbonyl (C=O) groups excluding carboxylic acids is 1. The highest BCUT2D eigenvalue weighted by Crippen LogP contribution is 2.51. The zero-order valence-corrected chi connectivity index (χ0v) is 19.0. The molecule has 3 saturated heterocycles. The van der Waals surface area contributed by atoms with Crippen LogP contribution in [0.5, 0.6) is 0 Å². The summed E-state index contributed by atoms with van der Waals surface area (Å²) in [6.07, 6.45) is 6.39. The highest BCUT2D eigenvalue weighted by molar-refractivity contribution is 8.01. The molecule has 0 aliphatic carbocycles. The molecule has 30 heavy (non-hydrogen) atoms. The molecule has 3 unspecified atom stereocenters. The van der Waals surface area contributed by atoms with Crippen LogP contribution in [-0.2, 0) is 9.59 Å². The van der Waals surface area contributed by atoms with Gasteiger partial charge in [0.1, 0.15) is 11.4 Å². The standard InChI is InChI=1S/C21H33N5O3S/c1-4-25-12-9-22-15(25)6-5-14-7-10-24(11-8-14)13-23-16-18(27)26-17(20(28)29)21(2,3)30-19(16)26/h13-14,16-17,19H,4-12H2,1-3H3,(H,28,29). The molecule has 4 heterocycles. The van der Waals surface area contributed by atoms with E-state index in [4.69, 9.17) is 0 Å². The van der Waals surface area contributed by atoms with Crippen molar-refractivity contribution in [2.24, 2.45) is 15.9 Å². The number of carboxylic acids is 1. The van der Waals surface area contributed by atoms with Crippen LogP contribution in [-0.4, -0.2) is 98.8 Å². The molecular formula is C21H33N5O3S. The maximum absolute atomic E-state index is 12.5. The van der Waals surface area contributed by atoms with Crippen LogP contribution < -0.4 is 0 Å². The maximum Gasteiger partial charge on any atom is 0.327 e. The number of aliphatic carboxylic acids is 1. The van der Waals surface area contributed by atoms with Gasteiger partial charge in [-0.2, -0.15) is 0 Å². The van der Waals surface area contributed by atoms with E-state index < -0.39 is 22.8 Å². The Kier molecular flexibility index (Phi) is 6.01. The number of piperidine rings is 1. The molecule has 4 aliphatic heterocycles. The van der Waals surface area contributed by atoms with E-state index in [1.165, 1.54) is 17.2 Å². The molecule has 0 aromatic rings. The number of hydrogen-bond donors (Lipinski definition) is 1. The quantitative estimate of drug-likeness (QED) is 0.372. The van der Waals surface area contributed by atoms with E-state index in [9.17, 15) is 14.7 Å².